The van der Waals surface area contributed by atoms with E-state index in [1.807, 2.05) is 0 Å². The van der Waals surface area contributed by atoms with Gasteiger partial charge in [-0.1, -0.05) is 12.8 Å². The Hall–Kier alpha value is -0.120. The lowest BCUT2D eigenvalue weighted by atomic mass is 9.85. The number of hydrogen-bond donors (Lipinski definition) is 1. The lowest BCUT2D eigenvalue weighted by Gasteiger charge is -2.35. The van der Waals surface area contributed by atoms with Crippen LogP contribution in [-0.2, 0) is 4.74 Å². The Balaban J connectivity index is 1.77. The van der Waals surface area contributed by atoms with Crippen LogP contribution in [0.3, 0.4) is 0 Å². The minimum Gasteiger partial charge on any atom is -0.381 e. The number of hydrogen-bond acceptors (Lipinski definition) is 3. The molecule has 2 rings (SSSR count). The molecule has 0 radical (unpaired) electrons. The molecule has 1 aliphatic carbocycles. The van der Waals surface area contributed by atoms with E-state index in [1.54, 1.807) is 0 Å². The molecule has 0 aromatic heterocycles. The van der Waals surface area contributed by atoms with Crippen LogP contribution in [0.5, 0.6) is 0 Å². The van der Waals surface area contributed by atoms with Crippen molar-refractivity contribution in [1.82, 2.24) is 4.90 Å². The van der Waals surface area contributed by atoms with Crippen molar-refractivity contribution in [3.8, 4) is 0 Å². The predicted molar refractivity (Wildman–Crippen MR) is 71.0 cm³/mol. The summed E-state index contributed by atoms with van der Waals surface area (Å²) in [6.45, 7) is 5.21. The lowest BCUT2D eigenvalue weighted by Crippen LogP contribution is -2.41. The molecular formula is C14H28N2O. The van der Waals surface area contributed by atoms with Crippen LogP contribution in [0.4, 0.5) is 0 Å². The molecule has 1 aliphatic heterocycles. The van der Waals surface area contributed by atoms with Crippen molar-refractivity contribution in [3.63, 3.8) is 0 Å². The maximum absolute atomic E-state index is 6.00. The summed E-state index contributed by atoms with van der Waals surface area (Å²) in [5.74, 6) is 0.838. The molecule has 1 saturated carbocycles. The number of nitrogens with zero attached hydrogens (tertiary/aromatic N) is 1. The van der Waals surface area contributed by atoms with E-state index in [-0.39, 0.29) is 0 Å². The largest absolute Gasteiger partial charge is 0.381 e. The third kappa shape index (κ3) is 3.67. The zero-order valence-electron chi connectivity index (χ0n) is 11.3. The van der Waals surface area contributed by atoms with Gasteiger partial charge in [0.25, 0.3) is 0 Å². The maximum atomic E-state index is 6.00. The Kier molecular flexibility index (Phi) is 4.83. The van der Waals surface area contributed by atoms with Gasteiger partial charge in [0, 0.05) is 26.3 Å². The summed E-state index contributed by atoms with van der Waals surface area (Å²) in [5, 5.41) is 0. The Labute approximate surface area is 106 Å². The van der Waals surface area contributed by atoms with Gasteiger partial charge in [-0.25, -0.2) is 0 Å². The van der Waals surface area contributed by atoms with Gasteiger partial charge >= 0.3 is 0 Å². The minimum absolute atomic E-state index is 0.430. The maximum Gasteiger partial charge on any atom is 0.0469 e. The Bertz CT molecular complexity index is 220. The summed E-state index contributed by atoms with van der Waals surface area (Å²) in [4.78, 5) is 2.52. The van der Waals surface area contributed by atoms with Crippen molar-refractivity contribution in [3.05, 3.63) is 0 Å². The molecule has 0 aromatic carbocycles. The van der Waals surface area contributed by atoms with Gasteiger partial charge in [0.15, 0.2) is 0 Å². The van der Waals surface area contributed by atoms with E-state index in [9.17, 15) is 0 Å². The fourth-order valence-corrected chi connectivity index (χ4v) is 3.56. The van der Waals surface area contributed by atoms with Crippen LogP contribution in [0.15, 0.2) is 0 Å². The zero-order valence-corrected chi connectivity index (χ0v) is 11.3. The predicted octanol–water partition coefficient (Wildman–Crippen LogP) is 1.86. The molecule has 0 amide bonds. The topological polar surface area (TPSA) is 38.5 Å². The molecule has 2 N–H and O–H groups in total. The Morgan fingerprint density at radius 2 is 1.88 bits per heavy atom. The van der Waals surface area contributed by atoms with E-state index in [2.05, 4.69) is 11.9 Å². The third-order valence-corrected chi connectivity index (χ3v) is 4.61. The second kappa shape index (κ2) is 6.17. The van der Waals surface area contributed by atoms with E-state index >= 15 is 0 Å². The molecule has 3 heteroatoms. The number of nitrogens with two attached hydrogens (primary N) is 1. The van der Waals surface area contributed by atoms with Gasteiger partial charge < -0.3 is 15.4 Å². The van der Waals surface area contributed by atoms with Crippen LogP contribution >= 0.6 is 0 Å². The monoisotopic (exact) mass is 240 g/mol. The summed E-state index contributed by atoms with van der Waals surface area (Å²) in [5.41, 5.74) is 6.43. The molecule has 0 atom stereocenters. The zero-order chi connectivity index (χ0) is 12.1. The van der Waals surface area contributed by atoms with Crippen molar-refractivity contribution in [2.75, 3.05) is 39.9 Å². The van der Waals surface area contributed by atoms with Gasteiger partial charge in [-0.15, -0.1) is 0 Å². The Morgan fingerprint density at radius 3 is 2.47 bits per heavy atom. The first kappa shape index (κ1) is 13.3. The molecular weight excluding hydrogens is 212 g/mol. The summed E-state index contributed by atoms with van der Waals surface area (Å²) >= 11 is 0. The number of rotatable bonds is 5. The number of ether oxygens (including phenoxy) is 1. The smallest absolute Gasteiger partial charge is 0.0469 e. The first-order valence-electron chi connectivity index (χ1n) is 7.20. The van der Waals surface area contributed by atoms with Crippen LogP contribution in [0.25, 0.3) is 0 Å². The highest BCUT2D eigenvalue weighted by Crippen LogP contribution is 2.37. The van der Waals surface area contributed by atoms with Crippen LogP contribution < -0.4 is 5.73 Å². The average molecular weight is 240 g/mol. The summed E-state index contributed by atoms with van der Waals surface area (Å²) in [7, 11) is 2.27. The van der Waals surface area contributed by atoms with Crippen LogP contribution in [0.2, 0.25) is 0 Å². The first-order valence-corrected chi connectivity index (χ1v) is 7.20. The molecule has 2 fully saturated rings. The highest BCUT2D eigenvalue weighted by molar-refractivity contribution is 4.88. The van der Waals surface area contributed by atoms with Gasteiger partial charge in [0.1, 0.15) is 0 Å². The van der Waals surface area contributed by atoms with Crippen LogP contribution in [0, 0.1) is 11.3 Å². The minimum atomic E-state index is 0.430. The normalized spacial score (nSPS) is 25.6. The van der Waals surface area contributed by atoms with Crippen LogP contribution in [0.1, 0.15) is 38.5 Å². The summed E-state index contributed by atoms with van der Waals surface area (Å²) in [6, 6.07) is 0. The van der Waals surface area contributed by atoms with Gasteiger partial charge in [0.05, 0.1) is 0 Å². The van der Waals surface area contributed by atoms with Gasteiger partial charge in [-0.3, -0.25) is 0 Å². The molecule has 0 spiro atoms. The summed E-state index contributed by atoms with van der Waals surface area (Å²) < 4.78 is 5.42. The molecule has 17 heavy (non-hydrogen) atoms. The van der Waals surface area contributed by atoms with Gasteiger partial charge in [-0.05, 0) is 50.6 Å². The molecule has 100 valence electrons. The van der Waals surface area contributed by atoms with Gasteiger partial charge in [0.2, 0.25) is 0 Å². The van der Waals surface area contributed by atoms with E-state index in [4.69, 9.17) is 10.5 Å². The SMILES string of the molecule is CN(CC1CCOCC1)CC1(CN)CCCC1. The molecule has 3 nitrogen and oxygen atoms in total. The van der Waals surface area contributed by atoms with Crippen LogP contribution in [-0.4, -0.2) is 44.8 Å². The second-order valence-electron chi connectivity index (χ2n) is 6.16. The van der Waals surface area contributed by atoms with Crippen molar-refractivity contribution < 1.29 is 4.74 Å². The Morgan fingerprint density at radius 1 is 1.24 bits per heavy atom. The first-order chi connectivity index (χ1) is 8.24. The molecule has 0 bridgehead atoms. The summed E-state index contributed by atoms with van der Waals surface area (Å²) in [6.07, 6.45) is 7.90. The van der Waals surface area contributed by atoms with E-state index in [0.29, 0.717) is 5.41 Å². The molecule has 2 aliphatic rings. The fraction of sp³-hybridized carbons (Fsp3) is 1.00. The van der Waals surface area contributed by atoms with Crippen molar-refractivity contribution in [2.24, 2.45) is 17.1 Å². The molecule has 0 unspecified atom stereocenters. The fourth-order valence-electron chi connectivity index (χ4n) is 3.56. The highest BCUT2D eigenvalue weighted by atomic mass is 16.5. The van der Waals surface area contributed by atoms with Crippen molar-refractivity contribution in [1.29, 1.82) is 0 Å². The van der Waals surface area contributed by atoms with E-state index in [0.717, 1.165) is 25.7 Å². The second-order valence-corrected chi connectivity index (χ2v) is 6.16. The standard InChI is InChI=1S/C14H28N2O/c1-16(10-13-4-8-17-9-5-13)12-14(11-15)6-2-3-7-14/h13H,2-12,15H2,1H3. The van der Waals surface area contributed by atoms with Crippen molar-refractivity contribution >= 4 is 0 Å². The molecule has 1 heterocycles. The highest BCUT2D eigenvalue weighted by Gasteiger charge is 2.33. The van der Waals surface area contributed by atoms with E-state index < -0.39 is 0 Å². The quantitative estimate of drug-likeness (QED) is 0.797. The average Bonchev–Trinajstić information content (AvgIpc) is 2.79. The lowest BCUT2D eigenvalue weighted by molar-refractivity contribution is 0.0500. The third-order valence-electron chi connectivity index (χ3n) is 4.61. The van der Waals surface area contributed by atoms with E-state index in [1.165, 1.54) is 51.6 Å². The van der Waals surface area contributed by atoms with Gasteiger partial charge in [-0.2, -0.15) is 0 Å². The molecule has 1 saturated heterocycles. The molecule has 0 aromatic rings. The van der Waals surface area contributed by atoms with Crippen molar-refractivity contribution in [2.45, 2.75) is 38.5 Å².